The summed E-state index contributed by atoms with van der Waals surface area (Å²) in [6, 6.07) is 187. The number of benzene rings is 21. The molecule has 24 rings (SSSR count). The zero-order valence-corrected chi connectivity index (χ0v) is 71.7. The minimum absolute atomic E-state index is 0.900. The second-order valence-electron chi connectivity index (χ2n) is 33.1. The first kappa shape index (κ1) is 78.2. The van der Waals surface area contributed by atoms with Crippen molar-refractivity contribution in [2.45, 2.75) is 0 Å². The minimum atomic E-state index is 0.900. The molecule has 0 aliphatic rings. The number of aromatic nitrogens is 2. The zero-order valence-electron chi connectivity index (χ0n) is 71.7. The molecule has 0 amide bonds. The first-order chi connectivity index (χ1) is 65.0. The Morgan fingerprint density at radius 2 is 0.420 bits per heavy atom. The van der Waals surface area contributed by atoms with E-state index in [1.807, 2.05) is 12.1 Å². The van der Waals surface area contributed by atoms with Gasteiger partial charge in [0.05, 0.1) is 22.1 Å². The highest BCUT2D eigenvalue weighted by atomic mass is 16.3. The van der Waals surface area contributed by atoms with Crippen molar-refractivity contribution < 1.29 is 4.42 Å². The van der Waals surface area contributed by atoms with Gasteiger partial charge in [-0.05, 0) is 268 Å². The summed E-state index contributed by atoms with van der Waals surface area (Å²) in [6.45, 7) is 0. The van der Waals surface area contributed by atoms with Crippen LogP contribution in [0.3, 0.4) is 0 Å². The molecule has 0 N–H and O–H groups in total. The van der Waals surface area contributed by atoms with Crippen LogP contribution in [0.25, 0.3) is 143 Å². The van der Waals surface area contributed by atoms with Gasteiger partial charge in [0.1, 0.15) is 11.2 Å². The van der Waals surface area contributed by atoms with E-state index in [1.165, 1.54) is 76.7 Å². The summed E-state index contributed by atoms with van der Waals surface area (Å²) in [4.78, 5) is 9.23. The van der Waals surface area contributed by atoms with E-state index in [0.29, 0.717) is 0 Å². The van der Waals surface area contributed by atoms with Gasteiger partial charge in [-0.15, -0.1) is 0 Å². The largest absolute Gasteiger partial charge is 0.456 e. The number of fused-ring (bicyclic) bond motifs is 10. The van der Waals surface area contributed by atoms with E-state index < -0.39 is 0 Å². The Bertz CT molecular complexity index is 8040. The number of hydrogen-bond donors (Lipinski definition) is 0. The molecule has 7 nitrogen and oxygen atoms in total. The van der Waals surface area contributed by atoms with E-state index >= 15 is 0 Å². The summed E-state index contributed by atoms with van der Waals surface area (Å²) in [6.07, 6.45) is 0. The third-order valence-corrected chi connectivity index (χ3v) is 25.3. The van der Waals surface area contributed by atoms with Crippen LogP contribution < -0.4 is 19.6 Å². The summed E-state index contributed by atoms with van der Waals surface area (Å²) < 4.78 is 11.1. The van der Waals surface area contributed by atoms with E-state index in [-0.39, 0.29) is 0 Å². The Balaban J connectivity index is 0.000000150. The van der Waals surface area contributed by atoms with Crippen molar-refractivity contribution in [3.8, 4) is 67.0 Å². The highest BCUT2D eigenvalue weighted by Crippen LogP contribution is 2.48. The molecule has 0 atom stereocenters. The first-order valence-corrected chi connectivity index (χ1v) is 44.7. The topological polar surface area (TPSA) is 36.0 Å². The van der Waals surface area contributed by atoms with Crippen molar-refractivity contribution in [1.29, 1.82) is 0 Å². The number of furan rings is 1. The van der Waals surface area contributed by atoms with E-state index in [1.54, 1.807) is 0 Å². The molecule has 7 heteroatoms. The summed E-state index contributed by atoms with van der Waals surface area (Å²) in [5.74, 6) is 0. The van der Waals surface area contributed by atoms with Crippen LogP contribution in [-0.4, -0.2) is 9.13 Å². The molecule has 21 aromatic carbocycles. The van der Waals surface area contributed by atoms with Crippen molar-refractivity contribution in [2.75, 3.05) is 19.6 Å². The maximum Gasteiger partial charge on any atom is 0.135 e. The minimum Gasteiger partial charge on any atom is -0.456 e. The standard InChI is InChI=1S/C66H45N3O.C58H41N3/c1-5-16-51(17-6-1)67(52-18-7-2-8-19-52)55-36-28-46(29-37-55)49-34-42-63-61(44-49)60-26-15-25-58(48-32-40-56(41-33-48)68(53-20-9-3-10-21-53)54-22-11-4-12-23-54)66(60)69(63)57-38-30-47(31-39-57)50-35-43-65-62(45-50)59-24-13-14-27-64(59)70-65;1-5-18-47(19-6-1)59(48-20-7-2-8-21-48)51-34-28-43(29-35-51)46-33-39-57-56(41-46)55-27-15-26-54(58(55)61(57)53-38-30-42-16-13-14-17-45(42)40-53)44-31-36-52(37-32-44)60(49-22-9-3-10-23-49)50-24-11-4-12-25-50/h1-45H;1-41H. The lowest BCUT2D eigenvalue weighted by atomic mass is 9.99. The van der Waals surface area contributed by atoms with E-state index in [2.05, 4.69) is 538 Å². The van der Waals surface area contributed by atoms with Gasteiger partial charge < -0.3 is 33.2 Å². The summed E-state index contributed by atoms with van der Waals surface area (Å²) in [5, 5.41) is 9.54. The fraction of sp³-hybridized carbons (Fsp3) is 0. The molecule has 0 saturated carbocycles. The molecule has 3 aromatic heterocycles. The molecule has 618 valence electrons. The second-order valence-corrected chi connectivity index (χ2v) is 33.1. The van der Waals surface area contributed by atoms with Gasteiger partial charge in [-0.1, -0.05) is 309 Å². The molecule has 3 heterocycles. The summed E-state index contributed by atoms with van der Waals surface area (Å²) in [5.41, 5.74) is 33.7. The van der Waals surface area contributed by atoms with Crippen molar-refractivity contribution in [2.24, 2.45) is 0 Å². The van der Waals surface area contributed by atoms with Crippen molar-refractivity contribution >= 4 is 145 Å². The molecular weight excluding hydrogens is 1590 g/mol. The fourth-order valence-electron chi connectivity index (χ4n) is 19.1. The lowest BCUT2D eigenvalue weighted by Gasteiger charge is -2.25. The third-order valence-electron chi connectivity index (χ3n) is 25.3. The van der Waals surface area contributed by atoms with Gasteiger partial charge in [0.15, 0.2) is 0 Å². The Morgan fingerprint density at radius 1 is 0.153 bits per heavy atom. The summed E-state index contributed by atoms with van der Waals surface area (Å²) >= 11 is 0. The number of para-hydroxylation sites is 11. The predicted molar refractivity (Wildman–Crippen MR) is 552 cm³/mol. The van der Waals surface area contributed by atoms with Gasteiger partial charge in [0.25, 0.3) is 0 Å². The van der Waals surface area contributed by atoms with Gasteiger partial charge in [-0.3, -0.25) is 0 Å². The predicted octanol–water partition coefficient (Wildman–Crippen LogP) is 34.8. The fourth-order valence-corrected chi connectivity index (χ4v) is 19.1. The molecule has 0 saturated heterocycles. The van der Waals surface area contributed by atoms with Crippen LogP contribution in [0.4, 0.5) is 68.2 Å². The van der Waals surface area contributed by atoms with Crippen LogP contribution in [0.5, 0.6) is 0 Å². The van der Waals surface area contributed by atoms with E-state index in [0.717, 1.165) is 135 Å². The van der Waals surface area contributed by atoms with Crippen LogP contribution in [0.1, 0.15) is 0 Å². The van der Waals surface area contributed by atoms with Crippen molar-refractivity contribution in [3.05, 3.63) is 522 Å². The number of nitrogens with zero attached hydrogens (tertiary/aromatic N) is 6. The molecule has 24 aromatic rings. The number of rotatable bonds is 19. The molecule has 0 fully saturated rings. The van der Waals surface area contributed by atoms with E-state index in [9.17, 15) is 0 Å². The second kappa shape index (κ2) is 34.4. The average Bonchev–Trinajstić information content (AvgIpc) is 1.58. The summed E-state index contributed by atoms with van der Waals surface area (Å²) in [7, 11) is 0. The maximum absolute atomic E-state index is 6.18. The monoisotopic (exact) mass is 1670 g/mol. The van der Waals surface area contributed by atoms with Crippen molar-refractivity contribution in [3.63, 3.8) is 0 Å². The number of anilines is 12. The highest BCUT2D eigenvalue weighted by Gasteiger charge is 2.24. The lowest BCUT2D eigenvalue weighted by Crippen LogP contribution is -2.09. The SMILES string of the molecule is c1ccc(N(c2ccccc2)c2ccc(-c3ccc4c(c3)c3cccc(-c5ccc(N(c6ccccc6)c6ccccc6)cc5)c3n4-c3ccc(-c4ccc5oc6ccccc6c5c4)cc3)cc2)cc1.c1ccc(N(c2ccccc2)c2ccc(-c3ccc4c(c3)c3cccc(-c5ccc(N(c6ccccc6)c6ccccc6)cc5)c3n4-c3ccc4ccccc4c3)cc2)cc1. The van der Waals surface area contributed by atoms with Crippen molar-refractivity contribution in [1.82, 2.24) is 9.13 Å². The maximum atomic E-state index is 6.18. The van der Waals surface area contributed by atoms with Gasteiger partial charge in [0.2, 0.25) is 0 Å². The van der Waals surface area contributed by atoms with Gasteiger partial charge >= 0.3 is 0 Å². The zero-order chi connectivity index (χ0) is 86.9. The molecule has 0 radical (unpaired) electrons. The van der Waals surface area contributed by atoms with Gasteiger partial charge in [-0.2, -0.15) is 0 Å². The molecule has 0 bridgehead atoms. The molecule has 0 aliphatic carbocycles. The van der Waals surface area contributed by atoms with Crippen LogP contribution in [0.2, 0.25) is 0 Å². The van der Waals surface area contributed by atoms with Crippen LogP contribution in [0.15, 0.2) is 526 Å². The highest BCUT2D eigenvalue weighted by molar-refractivity contribution is 6.17. The Hall–Kier alpha value is -17.5. The van der Waals surface area contributed by atoms with Gasteiger partial charge in [-0.25, -0.2) is 0 Å². The Labute approximate surface area is 761 Å². The van der Waals surface area contributed by atoms with Gasteiger partial charge in [0, 0.05) is 123 Å². The molecule has 0 spiro atoms. The number of hydrogen-bond acceptors (Lipinski definition) is 5. The van der Waals surface area contributed by atoms with E-state index in [4.69, 9.17) is 4.42 Å². The Kier molecular flexibility index (Phi) is 20.6. The quantitative estimate of drug-likeness (QED) is 0.0806. The van der Waals surface area contributed by atoms with Crippen LogP contribution >= 0.6 is 0 Å². The Morgan fingerprint density at radius 3 is 0.794 bits per heavy atom. The average molecular weight is 1680 g/mol. The molecule has 131 heavy (non-hydrogen) atoms. The molecule has 0 aliphatic heterocycles. The third kappa shape index (κ3) is 15.0. The normalized spacial score (nSPS) is 11.4. The molecular formula is C124H86N6O. The van der Waals surface area contributed by atoms with Crippen LogP contribution in [0, 0.1) is 0 Å². The molecule has 0 unspecified atom stereocenters. The van der Waals surface area contributed by atoms with Crippen LogP contribution in [-0.2, 0) is 0 Å². The first-order valence-electron chi connectivity index (χ1n) is 44.7. The lowest BCUT2D eigenvalue weighted by molar-refractivity contribution is 0.669. The smallest absolute Gasteiger partial charge is 0.135 e.